The Morgan fingerprint density at radius 2 is 1.93 bits per heavy atom. The lowest BCUT2D eigenvalue weighted by Gasteiger charge is -2.16. The van der Waals surface area contributed by atoms with Gasteiger partial charge in [0.1, 0.15) is 0 Å². The van der Waals surface area contributed by atoms with Gasteiger partial charge in [0.25, 0.3) is 0 Å². The van der Waals surface area contributed by atoms with Crippen molar-refractivity contribution in [3.8, 4) is 0 Å². The first-order valence-electron chi connectivity index (χ1n) is 5.50. The third-order valence-corrected chi connectivity index (χ3v) is 4.04. The van der Waals surface area contributed by atoms with E-state index in [1.807, 2.05) is 11.3 Å². The quantitative estimate of drug-likeness (QED) is 0.795. The predicted octanol–water partition coefficient (Wildman–Crippen LogP) is 3.23. The second-order valence-corrected chi connectivity index (χ2v) is 5.23. The Balaban J connectivity index is 2.51. The van der Waals surface area contributed by atoms with Gasteiger partial charge in [-0.3, -0.25) is 0 Å². The fraction of sp³-hybridized carbons (Fsp3) is 0.667. The molecule has 2 N–H and O–H groups in total. The summed E-state index contributed by atoms with van der Waals surface area (Å²) >= 11 is 1.93. The van der Waals surface area contributed by atoms with Crippen molar-refractivity contribution in [3.05, 3.63) is 21.9 Å². The molecule has 0 saturated carbocycles. The molecule has 80 valence electrons. The first-order valence-corrected chi connectivity index (χ1v) is 6.32. The Labute approximate surface area is 91.3 Å². The van der Waals surface area contributed by atoms with Gasteiger partial charge in [-0.15, -0.1) is 11.3 Å². The maximum Gasteiger partial charge on any atom is 0.00653 e. The summed E-state index contributed by atoms with van der Waals surface area (Å²) in [4.78, 5) is 2.97. The molecule has 0 amide bonds. The van der Waals surface area contributed by atoms with Crippen LogP contribution in [-0.2, 0) is 12.8 Å². The highest BCUT2D eigenvalue weighted by Gasteiger charge is 2.12. The summed E-state index contributed by atoms with van der Waals surface area (Å²) < 4.78 is 0. The van der Waals surface area contributed by atoms with Crippen LogP contribution in [0.1, 0.15) is 36.9 Å². The summed E-state index contributed by atoms with van der Waals surface area (Å²) in [6, 6.07) is 4.84. The van der Waals surface area contributed by atoms with Crippen LogP contribution in [0, 0.1) is 5.92 Å². The summed E-state index contributed by atoms with van der Waals surface area (Å²) in [5.74, 6) is 0.600. The molecule has 1 nitrogen and oxygen atoms in total. The maximum atomic E-state index is 6.01. The van der Waals surface area contributed by atoms with Crippen molar-refractivity contribution in [1.29, 1.82) is 0 Å². The fourth-order valence-corrected chi connectivity index (χ4v) is 2.69. The van der Waals surface area contributed by atoms with Crippen LogP contribution in [-0.4, -0.2) is 6.04 Å². The normalized spacial score (nSPS) is 15.4. The average Bonchev–Trinajstić information content (AvgIpc) is 2.64. The number of rotatable bonds is 5. The molecule has 0 saturated heterocycles. The smallest absolute Gasteiger partial charge is 0.00653 e. The van der Waals surface area contributed by atoms with Gasteiger partial charge in [-0.2, -0.15) is 0 Å². The molecular weight excluding hydrogens is 190 g/mol. The van der Waals surface area contributed by atoms with Gasteiger partial charge in [-0.25, -0.2) is 0 Å². The number of nitrogens with two attached hydrogens (primary N) is 1. The van der Waals surface area contributed by atoms with Crippen molar-refractivity contribution < 1.29 is 0 Å². The highest BCUT2D eigenvalue weighted by atomic mass is 32.1. The van der Waals surface area contributed by atoms with Crippen molar-refractivity contribution in [2.45, 2.75) is 46.1 Å². The monoisotopic (exact) mass is 211 g/mol. The van der Waals surface area contributed by atoms with Gasteiger partial charge in [0.05, 0.1) is 0 Å². The molecule has 0 radical (unpaired) electrons. The zero-order valence-corrected chi connectivity index (χ0v) is 10.2. The van der Waals surface area contributed by atoms with Gasteiger partial charge in [0.15, 0.2) is 0 Å². The molecule has 2 atom stereocenters. The van der Waals surface area contributed by atoms with Gasteiger partial charge >= 0.3 is 0 Å². The molecule has 0 aliphatic rings. The van der Waals surface area contributed by atoms with Gasteiger partial charge in [-0.1, -0.05) is 20.8 Å². The Bertz CT molecular complexity index is 267. The van der Waals surface area contributed by atoms with Gasteiger partial charge in [0.2, 0.25) is 0 Å². The summed E-state index contributed by atoms with van der Waals surface area (Å²) in [5, 5.41) is 0. The van der Waals surface area contributed by atoms with Crippen molar-refractivity contribution in [2.24, 2.45) is 11.7 Å². The first kappa shape index (κ1) is 11.7. The molecule has 0 aliphatic heterocycles. The minimum absolute atomic E-state index is 0.349. The lowest BCUT2D eigenvalue weighted by atomic mass is 9.96. The summed E-state index contributed by atoms with van der Waals surface area (Å²) in [7, 11) is 0. The lowest BCUT2D eigenvalue weighted by molar-refractivity contribution is 0.445. The van der Waals surface area contributed by atoms with E-state index in [1.165, 1.54) is 9.75 Å². The van der Waals surface area contributed by atoms with Crippen LogP contribution in [0.2, 0.25) is 0 Å². The largest absolute Gasteiger partial charge is 0.327 e. The Morgan fingerprint density at radius 3 is 2.43 bits per heavy atom. The van der Waals surface area contributed by atoms with E-state index >= 15 is 0 Å². The molecule has 1 aromatic heterocycles. The molecule has 0 aliphatic carbocycles. The molecule has 0 aromatic carbocycles. The van der Waals surface area contributed by atoms with E-state index in [2.05, 4.69) is 32.9 Å². The Hall–Kier alpha value is -0.340. The van der Waals surface area contributed by atoms with Gasteiger partial charge in [-0.05, 0) is 37.3 Å². The molecule has 2 heteroatoms. The van der Waals surface area contributed by atoms with E-state index in [-0.39, 0.29) is 0 Å². The standard InChI is InChI=1S/C12H21NS/c1-4-10-6-7-11(14-10)8-9(3)12(13)5-2/h6-7,9,12H,4-5,8,13H2,1-3H3. The second kappa shape index (κ2) is 5.52. The zero-order chi connectivity index (χ0) is 10.6. The fourth-order valence-electron chi connectivity index (χ4n) is 1.59. The molecule has 1 aromatic rings. The van der Waals surface area contributed by atoms with E-state index in [4.69, 9.17) is 5.73 Å². The molecule has 0 bridgehead atoms. The van der Waals surface area contributed by atoms with Crippen molar-refractivity contribution >= 4 is 11.3 Å². The minimum atomic E-state index is 0.349. The molecule has 2 unspecified atom stereocenters. The van der Waals surface area contributed by atoms with Crippen LogP contribution >= 0.6 is 11.3 Å². The molecule has 14 heavy (non-hydrogen) atoms. The number of hydrogen-bond donors (Lipinski definition) is 1. The van der Waals surface area contributed by atoms with Crippen LogP contribution in [0.3, 0.4) is 0 Å². The van der Waals surface area contributed by atoms with Gasteiger partial charge in [0, 0.05) is 15.8 Å². The molecule has 1 rings (SSSR count). The van der Waals surface area contributed by atoms with E-state index in [0.717, 1.165) is 19.3 Å². The van der Waals surface area contributed by atoms with Crippen molar-refractivity contribution in [1.82, 2.24) is 0 Å². The molecule has 0 fully saturated rings. The SMILES string of the molecule is CCc1ccc(CC(C)C(N)CC)s1. The van der Waals surface area contributed by atoms with E-state index < -0.39 is 0 Å². The van der Waals surface area contributed by atoms with Crippen molar-refractivity contribution in [3.63, 3.8) is 0 Å². The third-order valence-electron chi connectivity index (χ3n) is 2.79. The van der Waals surface area contributed by atoms with Crippen LogP contribution in [0.15, 0.2) is 12.1 Å². The topological polar surface area (TPSA) is 26.0 Å². The minimum Gasteiger partial charge on any atom is -0.327 e. The predicted molar refractivity (Wildman–Crippen MR) is 64.8 cm³/mol. The van der Waals surface area contributed by atoms with E-state index in [1.54, 1.807) is 0 Å². The molecule has 1 heterocycles. The maximum absolute atomic E-state index is 6.01. The summed E-state index contributed by atoms with van der Waals surface area (Å²) in [5.41, 5.74) is 6.01. The van der Waals surface area contributed by atoms with E-state index in [0.29, 0.717) is 12.0 Å². The molecular formula is C12H21NS. The van der Waals surface area contributed by atoms with E-state index in [9.17, 15) is 0 Å². The highest BCUT2D eigenvalue weighted by Crippen LogP contribution is 2.21. The Kier molecular flexibility index (Phi) is 4.63. The van der Waals surface area contributed by atoms with Crippen LogP contribution < -0.4 is 5.73 Å². The van der Waals surface area contributed by atoms with Crippen LogP contribution in [0.5, 0.6) is 0 Å². The summed E-state index contributed by atoms with van der Waals surface area (Å²) in [6.07, 6.45) is 3.37. The third kappa shape index (κ3) is 3.10. The van der Waals surface area contributed by atoms with Crippen molar-refractivity contribution in [2.75, 3.05) is 0 Å². The van der Waals surface area contributed by atoms with Gasteiger partial charge < -0.3 is 5.73 Å². The summed E-state index contributed by atoms with van der Waals surface area (Å²) in [6.45, 7) is 6.61. The number of thiophene rings is 1. The number of hydrogen-bond acceptors (Lipinski definition) is 2. The first-order chi connectivity index (χ1) is 6.67. The second-order valence-electron chi connectivity index (χ2n) is 3.98. The Morgan fingerprint density at radius 1 is 1.29 bits per heavy atom. The number of aryl methyl sites for hydroxylation is 1. The van der Waals surface area contributed by atoms with Crippen LogP contribution in [0.25, 0.3) is 0 Å². The highest BCUT2D eigenvalue weighted by molar-refractivity contribution is 7.11. The average molecular weight is 211 g/mol. The zero-order valence-electron chi connectivity index (χ0n) is 9.42. The van der Waals surface area contributed by atoms with Crippen LogP contribution in [0.4, 0.5) is 0 Å². The molecule has 0 spiro atoms. The lowest BCUT2D eigenvalue weighted by Crippen LogP contribution is -2.28.